The highest BCUT2D eigenvalue weighted by Crippen LogP contribution is 2.21. The van der Waals surface area contributed by atoms with Crippen LogP contribution in [0.15, 0.2) is 41.4 Å². The second-order valence-electron chi connectivity index (χ2n) is 6.57. The maximum Gasteiger partial charge on any atom is 0.244 e. The molecule has 7 nitrogen and oxygen atoms in total. The number of rotatable bonds is 6. The van der Waals surface area contributed by atoms with Crippen molar-refractivity contribution in [3.05, 3.63) is 47.8 Å². The van der Waals surface area contributed by atoms with Crippen LogP contribution in [0, 0.1) is 6.92 Å². The zero-order chi connectivity index (χ0) is 18.7. The van der Waals surface area contributed by atoms with Crippen LogP contribution in [0.25, 0.3) is 0 Å². The number of sulfonamides is 1. The molecule has 1 aliphatic heterocycles. The molecule has 1 N–H and O–H groups in total. The molecule has 2 aromatic rings. The van der Waals surface area contributed by atoms with Gasteiger partial charge in [0.1, 0.15) is 6.04 Å². The molecule has 0 radical (unpaired) electrons. The quantitative estimate of drug-likeness (QED) is 0.834. The van der Waals surface area contributed by atoms with E-state index in [0.717, 1.165) is 24.1 Å². The Morgan fingerprint density at radius 1 is 1.19 bits per heavy atom. The van der Waals surface area contributed by atoms with E-state index in [9.17, 15) is 13.2 Å². The molecule has 3 rings (SSSR count). The molecule has 1 aromatic heterocycles. The minimum absolute atomic E-state index is 0.134. The fourth-order valence-corrected chi connectivity index (χ4v) is 4.61. The van der Waals surface area contributed by atoms with Crippen LogP contribution in [-0.4, -0.2) is 41.5 Å². The van der Waals surface area contributed by atoms with Crippen molar-refractivity contribution in [2.45, 2.75) is 44.2 Å². The fraction of sp³-hybridized carbons (Fsp3) is 0.444. The molecule has 0 bridgehead atoms. The Balaban J connectivity index is 1.61. The average Bonchev–Trinajstić information content (AvgIpc) is 3.31. The van der Waals surface area contributed by atoms with Crippen molar-refractivity contribution in [3.8, 4) is 0 Å². The molecular formula is C18H24N4O3S. The minimum atomic E-state index is -3.40. The van der Waals surface area contributed by atoms with Gasteiger partial charge in [0, 0.05) is 31.5 Å². The summed E-state index contributed by atoms with van der Waals surface area (Å²) < 4.78 is 28.2. The van der Waals surface area contributed by atoms with Gasteiger partial charge in [-0.2, -0.15) is 9.40 Å². The topological polar surface area (TPSA) is 84.3 Å². The Labute approximate surface area is 154 Å². The summed E-state index contributed by atoms with van der Waals surface area (Å²) in [5.74, 6) is -0.134. The summed E-state index contributed by atoms with van der Waals surface area (Å²) in [6, 6.07) is 8.15. The number of aryl methyl sites for hydroxylation is 1. The molecule has 0 aliphatic carbocycles. The van der Waals surface area contributed by atoms with Gasteiger partial charge in [0.05, 0.1) is 4.90 Å². The molecule has 1 aromatic carbocycles. The van der Waals surface area contributed by atoms with Crippen molar-refractivity contribution in [1.29, 1.82) is 0 Å². The Hall–Kier alpha value is -2.19. The molecule has 0 saturated carbocycles. The van der Waals surface area contributed by atoms with E-state index in [1.54, 1.807) is 42.1 Å². The van der Waals surface area contributed by atoms with Crippen LogP contribution in [0.2, 0.25) is 0 Å². The largest absolute Gasteiger partial charge is 0.350 e. The Kier molecular flexibility index (Phi) is 5.43. The van der Waals surface area contributed by atoms with Crippen molar-refractivity contribution >= 4 is 15.9 Å². The fourth-order valence-electron chi connectivity index (χ4n) is 3.09. The smallest absolute Gasteiger partial charge is 0.244 e. The van der Waals surface area contributed by atoms with E-state index in [1.165, 1.54) is 4.31 Å². The third kappa shape index (κ3) is 3.81. The molecule has 1 atom stereocenters. The summed E-state index contributed by atoms with van der Waals surface area (Å²) in [5, 5.41) is 7.02. The molecule has 8 heteroatoms. The first kappa shape index (κ1) is 18.6. The van der Waals surface area contributed by atoms with Gasteiger partial charge in [-0.05, 0) is 50.5 Å². The molecule has 26 heavy (non-hydrogen) atoms. The molecular weight excluding hydrogens is 352 g/mol. The van der Waals surface area contributed by atoms with E-state index in [0.29, 0.717) is 24.5 Å². The molecule has 140 valence electrons. The minimum Gasteiger partial charge on any atom is -0.350 e. The third-order valence-electron chi connectivity index (χ3n) is 4.71. The molecule has 0 spiro atoms. The first-order valence-corrected chi connectivity index (χ1v) is 10.2. The van der Waals surface area contributed by atoms with Crippen LogP contribution in [0.5, 0.6) is 0 Å². The van der Waals surface area contributed by atoms with E-state index in [2.05, 4.69) is 10.4 Å². The summed E-state index contributed by atoms with van der Waals surface area (Å²) in [5.41, 5.74) is 1.77. The first-order valence-electron chi connectivity index (χ1n) is 8.76. The highest BCUT2D eigenvalue weighted by atomic mass is 32.2. The number of aromatic nitrogens is 2. The van der Waals surface area contributed by atoms with Gasteiger partial charge in [0.15, 0.2) is 0 Å². The van der Waals surface area contributed by atoms with Gasteiger partial charge in [-0.25, -0.2) is 8.42 Å². The van der Waals surface area contributed by atoms with Crippen LogP contribution >= 0.6 is 0 Å². The first-order chi connectivity index (χ1) is 12.4. The van der Waals surface area contributed by atoms with E-state index in [-0.39, 0.29) is 5.91 Å². The van der Waals surface area contributed by atoms with Crippen molar-refractivity contribution in [2.75, 3.05) is 13.1 Å². The maximum absolute atomic E-state index is 12.5. The molecule has 0 unspecified atom stereocenters. The van der Waals surface area contributed by atoms with Crippen molar-refractivity contribution in [2.24, 2.45) is 0 Å². The van der Waals surface area contributed by atoms with Crippen LogP contribution in [-0.2, 0) is 21.4 Å². The third-order valence-corrected chi connectivity index (χ3v) is 6.62. The SMILES string of the molecule is Cc1ccnn1[C@@H](C)C(=O)NCc1ccc(S(=O)(=O)N2CCCC2)cc1. The molecule has 1 aliphatic rings. The summed E-state index contributed by atoms with van der Waals surface area (Å²) in [6.07, 6.45) is 3.49. The number of carbonyl (C=O) groups excluding carboxylic acids is 1. The lowest BCUT2D eigenvalue weighted by Crippen LogP contribution is -2.31. The van der Waals surface area contributed by atoms with Crippen molar-refractivity contribution in [1.82, 2.24) is 19.4 Å². The van der Waals surface area contributed by atoms with Gasteiger partial charge in [-0.15, -0.1) is 0 Å². The van der Waals surface area contributed by atoms with Crippen LogP contribution in [0.4, 0.5) is 0 Å². The van der Waals surface area contributed by atoms with Gasteiger partial charge in [-0.3, -0.25) is 9.48 Å². The second-order valence-corrected chi connectivity index (χ2v) is 8.50. The van der Waals surface area contributed by atoms with Crippen molar-refractivity contribution < 1.29 is 13.2 Å². The zero-order valence-corrected chi connectivity index (χ0v) is 15.9. The summed E-state index contributed by atoms with van der Waals surface area (Å²) in [7, 11) is -3.40. The molecule has 1 amide bonds. The number of carbonyl (C=O) groups is 1. The number of nitrogens with zero attached hydrogens (tertiary/aromatic N) is 3. The number of amides is 1. The van der Waals surface area contributed by atoms with E-state index < -0.39 is 16.1 Å². The number of nitrogens with one attached hydrogen (secondary N) is 1. The monoisotopic (exact) mass is 376 g/mol. The number of hydrogen-bond acceptors (Lipinski definition) is 4. The van der Waals surface area contributed by atoms with E-state index in [4.69, 9.17) is 0 Å². The molecule has 2 heterocycles. The van der Waals surface area contributed by atoms with E-state index >= 15 is 0 Å². The van der Waals surface area contributed by atoms with Crippen LogP contribution in [0.3, 0.4) is 0 Å². The summed E-state index contributed by atoms with van der Waals surface area (Å²) in [4.78, 5) is 12.6. The maximum atomic E-state index is 12.5. The Morgan fingerprint density at radius 3 is 2.42 bits per heavy atom. The lowest BCUT2D eigenvalue weighted by atomic mass is 10.2. The highest BCUT2D eigenvalue weighted by molar-refractivity contribution is 7.89. The molecule has 1 saturated heterocycles. The standard InChI is InChI=1S/C18H24N4O3S/c1-14-9-10-20-22(14)15(2)18(23)19-13-16-5-7-17(8-6-16)26(24,25)21-11-3-4-12-21/h5-10,15H,3-4,11-13H2,1-2H3,(H,19,23)/t15-/m0/s1. The second kappa shape index (κ2) is 7.59. The average molecular weight is 376 g/mol. The normalized spacial score (nSPS) is 16.5. The predicted molar refractivity (Wildman–Crippen MR) is 98.0 cm³/mol. The highest BCUT2D eigenvalue weighted by Gasteiger charge is 2.26. The van der Waals surface area contributed by atoms with Crippen LogP contribution < -0.4 is 5.32 Å². The summed E-state index contributed by atoms with van der Waals surface area (Å²) >= 11 is 0. The lowest BCUT2D eigenvalue weighted by molar-refractivity contribution is -0.124. The van der Waals surface area contributed by atoms with Gasteiger partial charge >= 0.3 is 0 Å². The summed E-state index contributed by atoms with van der Waals surface area (Å²) in [6.45, 7) is 5.21. The van der Waals surface area contributed by atoms with E-state index in [1.807, 2.05) is 13.0 Å². The Bertz CT molecular complexity index is 868. The van der Waals surface area contributed by atoms with Crippen LogP contribution in [0.1, 0.15) is 37.1 Å². The van der Waals surface area contributed by atoms with Gasteiger partial charge in [0.25, 0.3) is 0 Å². The van der Waals surface area contributed by atoms with Gasteiger partial charge in [-0.1, -0.05) is 12.1 Å². The zero-order valence-electron chi connectivity index (χ0n) is 15.1. The number of benzene rings is 1. The molecule has 1 fully saturated rings. The predicted octanol–water partition coefficient (Wildman–Crippen LogP) is 1.85. The lowest BCUT2D eigenvalue weighted by Gasteiger charge is -2.16. The van der Waals surface area contributed by atoms with Gasteiger partial charge < -0.3 is 5.32 Å². The van der Waals surface area contributed by atoms with Crippen molar-refractivity contribution in [3.63, 3.8) is 0 Å². The number of hydrogen-bond donors (Lipinski definition) is 1. The van der Waals surface area contributed by atoms with Gasteiger partial charge in [0.2, 0.25) is 15.9 Å². The Morgan fingerprint density at radius 2 is 1.85 bits per heavy atom.